The van der Waals surface area contributed by atoms with Gasteiger partial charge >= 0.3 is 0 Å². The van der Waals surface area contributed by atoms with Crippen LogP contribution in [0.3, 0.4) is 0 Å². The summed E-state index contributed by atoms with van der Waals surface area (Å²) in [5.74, 6) is 0.746. The first-order chi connectivity index (χ1) is 6.82. The van der Waals surface area contributed by atoms with Crippen molar-refractivity contribution in [3.8, 4) is 0 Å². The van der Waals surface area contributed by atoms with E-state index in [1.807, 2.05) is 0 Å². The third-order valence-electron chi connectivity index (χ3n) is 3.53. The van der Waals surface area contributed by atoms with Crippen molar-refractivity contribution >= 4 is 0 Å². The van der Waals surface area contributed by atoms with E-state index in [1.165, 1.54) is 25.9 Å². The van der Waals surface area contributed by atoms with Crippen molar-refractivity contribution in [3.05, 3.63) is 0 Å². The minimum absolute atomic E-state index is 0.107. The quantitative estimate of drug-likeness (QED) is 0.759. The molecule has 0 amide bonds. The summed E-state index contributed by atoms with van der Waals surface area (Å²) in [4.78, 5) is 4.71. The van der Waals surface area contributed by atoms with Crippen molar-refractivity contribution in [1.82, 2.24) is 9.80 Å². The maximum absolute atomic E-state index is 6.29. The van der Waals surface area contributed by atoms with E-state index < -0.39 is 0 Å². The van der Waals surface area contributed by atoms with Gasteiger partial charge in [-0.25, -0.2) is 0 Å². The Morgan fingerprint density at radius 3 is 2.07 bits per heavy atom. The van der Waals surface area contributed by atoms with E-state index >= 15 is 0 Å². The predicted octanol–water partition coefficient (Wildman–Crippen LogP) is 0.996. The number of nitrogens with two attached hydrogens (primary N) is 1. The fourth-order valence-corrected chi connectivity index (χ4v) is 3.04. The third kappa shape index (κ3) is 3.44. The first kappa shape index (κ1) is 12.9. The summed E-state index contributed by atoms with van der Waals surface area (Å²) in [6.07, 6.45) is 2.56. The van der Waals surface area contributed by atoms with Crippen LogP contribution in [0.5, 0.6) is 0 Å². The van der Waals surface area contributed by atoms with Gasteiger partial charge in [-0.1, -0.05) is 0 Å². The molecule has 3 heteroatoms. The molecule has 0 aliphatic carbocycles. The predicted molar refractivity (Wildman–Crippen MR) is 66.0 cm³/mol. The molecule has 0 saturated carbocycles. The van der Waals surface area contributed by atoms with Gasteiger partial charge in [-0.15, -0.1) is 0 Å². The van der Waals surface area contributed by atoms with Gasteiger partial charge in [0.2, 0.25) is 0 Å². The molecular weight excluding hydrogens is 186 g/mol. The molecule has 0 bridgehead atoms. The van der Waals surface area contributed by atoms with Gasteiger partial charge < -0.3 is 15.5 Å². The lowest BCUT2D eigenvalue weighted by Gasteiger charge is -2.44. The van der Waals surface area contributed by atoms with E-state index in [9.17, 15) is 0 Å². The standard InChI is InChI=1S/C12H27N3/c1-12(2,13)11(14(3)4)10-6-8-15(5)9-7-10/h10-11H,6-9,13H2,1-5H3. The minimum Gasteiger partial charge on any atom is -0.324 e. The second kappa shape index (κ2) is 4.81. The molecule has 1 saturated heterocycles. The van der Waals surface area contributed by atoms with Gasteiger partial charge in [0.1, 0.15) is 0 Å². The van der Waals surface area contributed by atoms with Crippen LogP contribution in [-0.4, -0.2) is 55.6 Å². The molecule has 0 spiro atoms. The molecule has 1 atom stereocenters. The zero-order valence-electron chi connectivity index (χ0n) is 11.0. The Bertz CT molecular complexity index is 188. The number of likely N-dealkylation sites (N-methyl/N-ethyl adjacent to an activating group) is 1. The lowest BCUT2D eigenvalue weighted by Crippen LogP contribution is -2.57. The van der Waals surface area contributed by atoms with E-state index in [-0.39, 0.29) is 5.54 Å². The normalized spacial score (nSPS) is 23.4. The van der Waals surface area contributed by atoms with Gasteiger partial charge in [0.25, 0.3) is 0 Å². The van der Waals surface area contributed by atoms with Gasteiger partial charge in [-0.05, 0) is 66.8 Å². The Morgan fingerprint density at radius 2 is 1.73 bits per heavy atom. The van der Waals surface area contributed by atoms with Gasteiger partial charge in [-0.2, -0.15) is 0 Å². The highest BCUT2D eigenvalue weighted by atomic mass is 15.2. The number of rotatable bonds is 3. The second-order valence-corrected chi connectivity index (χ2v) is 5.87. The van der Waals surface area contributed by atoms with Crippen LogP contribution in [0.15, 0.2) is 0 Å². The van der Waals surface area contributed by atoms with Crippen LogP contribution in [0.2, 0.25) is 0 Å². The van der Waals surface area contributed by atoms with Gasteiger partial charge in [0.05, 0.1) is 0 Å². The average Bonchev–Trinajstić information content (AvgIpc) is 2.05. The van der Waals surface area contributed by atoms with Gasteiger partial charge in [-0.3, -0.25) is 0 Å². The number of nitrogens with zero attached hydrogens (tertiary/aromatic N) is 2. The zero-order chi connectivity index (χ0) is 11.6. The van der Waals surface area contributed by atoms with Crippen LogP contribution in [-0.2, 0) is 0 Å². The molecule has 1 aliphatic rings. The molecule has 0 aromatic rings. The van der Waals surface area contributed by atoms with Crippen LogP contribution < -0.4 is 5.73 Å². The summed E-state index contributed by atoms with van der Waals surface area (Å²) in [5, 5.41) is 0. The SMILES string of the molecule is CN1CCC(C(N(C)C)C(C)(C)N)CC1. The van der Waals surface area contributed by atoms with Crippen molar-refractivity contribution in [1.29, 1.82) is 0 Å². The van der Waals surface area contributed by atoms with Crippen molar-refractivity contribution in [2.24, 2.45) is 11.7 Å². The fourth-order valence-electron chi connectivity index (χ4n) is 3.04. The van der Waals surface area contributed by atoms with E-state index in [1.54, 1.807) is 0 Å². The molecule has 0 aromatic carbocycles. The molecule has 1 aliphatic heterocycles. The van der Waals surface area contributed by atoms with E-state index in [0.717, 1.165) is 5.92 Å². The minimum atomic E-state index is -0.107. The summed E-state index contributed by atoms with van der Waals surface area (Å²) < 4.78 is 0. The van der Waals surface area contributed by atoms with E-state index in [2.05, 4.69) is 44.8 Å². The number of likely N-dealkylation sites (tertiary alicyclic amines) is 1. The first-order valence-corrected chi connectivity index (χ1v) is 5.96. The lowest BCUT2D eigenvalue weighted by atomic mass is 9.79. The summed E-state index contributed by atoms with van der Waals surface area (Å²) in [6, 6.07) is 0.492. The van der Waals surface area contributed by atoms with Crippen molar-refractivity contribution < 1.29 is 0 Å². The molecule has 1 rings (SSSR count). The molecular formula is C12H27N3. The van der Waals surface area contributed by atoms with Crippen LogP contribution in [0.1, 0.15) is 26.7 Å². The fraction of sp³-hybridized carbons (Fsp3) is 1.00. The maximum Gasteiger partial charge on any atom is 0.0293 e. The molecule has 3 nitrogen and oxygen atoms in total. The zero-order valence-corrected chi connectivity index (χ0v) is 11.0. The van der Waals surface area contributed by atoms with Crippen LogP contribution >= 0.6 is 0 Å². The smallest absolute Gasteiger partial charge is 0.0293 e. The van der Waals surface area contributed by atoms with E-state index in [0.29, 0.717) is 6.04 Å². The summed E-state index contributed by atoms with van der Waals surface area (Å²) in [5.41, 5.74) is 6.18. The van der Waals surface area contributed by atoms with Crippen molar-refractivity contribution in [2.75, 3.05) is 34.2 Å². The molecule has 0 aromatic heterocycles. The Hall–Kier alpha value is -0.120. The topological polar surface area (TPSA) is 32.5 Å². The third-order valence-corrected chi connectivity index (χ3v) is 3.53. The van der Waals surface area contributed by atoms with Crippen LogP contribution in [0.4, 0.5) is 0 Å². The molecule has 2 N–H and O–H groups in total. The lowest BCUT2D eigenvalue weighted by molar-refractivity contribution is 0.0868. The summed E-state index contributed by atoms with van der Waals surface area (Å²) in [7, 11) is 6.50. The van der Waals surface area contributed by atoms with E-state index in [4.69, 9.17) is 5.73 Å². The Balaban J connectivity index is 2.65. The average molecular weight is 213 g/mol. The van der Waals surface area contributed by atoms with Gasteiger partial charge in [0, 0.05) is 11.6 Å². The highest BCUT2D eigenvalue weighted by Crippen LogP contribution is 2.28. The number of hydrogen-bond donors (Lipinski definition) is 1. The molecule has 0 radical (unpaired) electrons. The Kier molecular flexibility index (Phi) is 4.15. The first-order valence-electron chi connectivity index (χ1n) is 5.96. The highest BCUT2D eigenvalue weighted by Gasteiger charge is 2.35. The summed E-state index contributed by atoms with van der Waals surface area (Å²) in [6.45, 7) is 6.72. The van der Waals surface area contributed by atoms with Crippen LogP contribution in [0.25, 0.3) is 0 Å². The molecule has 15 heavy (non-hydrogen) atoms. The van der Waals surface area contributed by atoms with Gasteiger partial charge in [0.15, 0.2) is 0 Å². The largest absolute Gasteiger partial charge is 0.324 e. The Morgan fingerprint density at radius 1 is 1.27 bits per heavy atom. The summed E-state index contributed by atoms with van der Waals surface area (Å²) >= 11 is 0. The molecule has 1 heterocycles. The Labute approximate surface area is 94.6 Å². The number of hydrogen-bond acceptors (Lipinski definition) is 3. The van der Waals surface area contributed by atoms with Crippen LogP contribution in [0, 0.1) is 5.92 Å². The monoisotopic (exact) mass is 213 g/mol. The maximum atomic E-state index is 6.29. The van der Waals surface area contributed by atoms with Crippen molar-refractivity contribution in [2.45, 2.75) is 38.3 Å². The highest BCUT2D eigenvalue weighted by molar-refractivity contribution is 4.94. The molecule has 1 unspecified atom stereocenters. The molecule has 1 fully saturated rings. The van der Waals surface area contributed by atoms with Crippen molar-refractivity contribution in [3.63, 3.8) is 0 Å². The second-order valence-electron chi connectivity index (χ2n) is 5.87. The number of piperidine rings is 1. The molecule has 90 valence electrons.